The molecule has 0 saturated carbocycles. The lowest BCUT2D eigenvalue weighted by atomic mass is 9.99. The maximum Gasteiger partial charge on any atom is 0.162 e. The van der Waals surface area contributed by atoms with Crippen molar-refractivity contribution in [3.05, 3.63) is 0 Å². The van der Waals surface area contributed by atoms with Crippen LogP contribution in [0.15, 0.2) is 4.99 Å². The van der Waals surface area contributed by atoms with Crippen LogP contribution in [0.2, 0.25) is 0 Å². The third-order valence-electron chi connectivity index (χ3n) is 4.26. The van der Waals surface area contributed by atoms with E-state index in [1.165, 1.54) is 18.0 Å². The number of fused-ring (bicyclic) bond motifs is 1. The van der Waals surface area contributed by atoms with Crippen molar-refractivity contribution in [3.8, 4) is 0 Å². The van der Waals surface area contributed by atoms with E-state index in [-0.39, 0.29) is 17.6 Å². The number of ether oxygens (including phenoxy) is 1. The highest BCUT2D eigenvalue weighted by atomic mass is 32.2. The topological polar surface area (TPSA) is 45.1 Å². The van der Waals surface area contributed by atoms with Gasteiger partial charge in [0.25, 0.3) is 0 Å². The SMILES string of the molecule is CCC[C@H](O)[C@H]1CC[C@H]2N=C(N3CCCC3)S[C@H]2O1. The maximum absolute atomic E-state index is 10.1. The largest absolute Gasteiger partial charge is 0.390 e. The second-order valence-electron chi connectivity index (χ2n) is 5.77. The molecule has 2 saturated heterocycles. The van der Waals surface area contributed by atoms with Crippen LogP contribution in [0.1, 0.15) is 45.4 Å². The van der Waals surface area contributed by atoms with Gasteiger partial charge >= 0.3 is 0 Å². The molecule has 1 N–H and O–H groups in total. The lowest BCUT2D eigenvalue weighted by Gasteiger charge is -2.33. The van der Waals surface area contributed by atoms with Crippen molar-refractivity contribution in [2.24, 2.45) is 4.99 Å². The monoisotopic (exact) mass is 284 g/mol. The van der Waals surface area contributed by atoms with Crippen molar-refractivity contribution in [1.29, 1.82) is 0 Å². The normalized spacial score (nSPS) is 36.2. The quantitative estimate of drug-likeness (QED) is 0.863. The zero-order valence-corrected chi connectivity index (χ0v) is 12.4. The first-order chi connectivity index (χ1) is 9.28. The highest BCUT2D eigenvalue weighted by Gasteiger charge is 2.40. The molecule has 5 heteroatoms. The number of hydrogen-bond donors (Lipinski definition) is 1. The Balaban J connectivity index is 1.57. The number of thioether (sulfide) groups is 1. The molecule has 3 aliphatic heterocycles. The van der Waals surface area contributed by atoms with Gasteiger partial charge in [0.05, 0.1) is 18.2 Å². The highest BCUT2D eigenvalue weighted by molar-refractivity contribution is 8.14. The van der Waals surface area contributed by atoms with Crippen molar-refractivity contribution < 1.29 is 9.84 Å². The molecule has 0 aromatic carbocycles. The minimum Gasteiger partial charge on any atom is -0.390 e. The smallest absolute Gasteiger partial charge is 0.162 e. The molecule has 3 heterocycles. The molecule has 19 heavy (non-hydrogen) atoms. The van der Waals surface area contributed by atoms with Crippen molar-refractivity contribution >= 4 is 16.9 Å². The van der Waals surface area contributed by atoms with Crippen LogP contribution in [-0.4, -0.2) is 51.9 Å². The standard InChI is InChI=1S/C14H24N2O2S/c1-2-5-11(17)12-7-6-10-13(18-12)19-14(15-10)16-8-3-4-9-16/h10-13,17H,2-9H2,1H3/t10-,11+,12-,13-/m1/s1. The summed E-state index contributed by atoms with van der Waals surface area (Å²) in [5.74, 6) is 0. The summed E-state index contributed by atoms with van der Waals surface area (Å²) in [4.78, 5) is 7.22. The third-order valence-corrected chi connectivity index (χ3v) is 5.49. The Kier molecular flexibility index (Phi) is 4.34. The summed E-state index contributed by atoms with van der Waals surface area (Å²) in [7, 11) is 0. The molecule has 0 spiro atoms. The molecule has 3 aliphatic rings. The van der Waals surface area contributed by atoms with Gasteiger partial charge in [-0.1, -0.05) is 25.1 Å². The Labute approximate surface area is 119 Å². The number of aliphatic hydroxyl groups is 1. The molecule has 4 nitrogen and oxygen atoms in total. The van der Waals surface area contributed by atoms with Gasteiger partial charge in [-0.05, 0) is 32.1 Å². The Morgan fingerprint density at radius 2 is 2.21 bits per heavy atom. The summed E-state index contributed by atoms with van der Waals surface area (Å²) in [5.41, 5.74) is 0.140. The molecule has 0 bridgehead atoms. The molecular weight excluding hydrogens is 260 g/mol. The molecular formula is C14H24N2O2S. The molecule has 2 fully saturated rings. The van der Waals surface area contributed by atoms with Crippen LogP contribution in [0.4, 0.5) is 0 Å². The molecule has 0 aliphatic carbocycles. The van der Waals surface area contributed by atoms with Gasteiger partial charge in [0, 0.05) is 13.1 Å². The minimum atomic E-state index is -0.303. The second-order valence-corrected chi connectivity index (χ2v) is 6.83. The molecule has 0 aromatic rings. The van der Waals surface area contributed by atoms with Crippen LogP contribution in [0.3, 0.4) is 0 Å². The molecule has 0 radical (unpaired) electrons. The van der Waals surface area contributed by atoms with Gasteiger partial charge in [-0.2, -0.15) is 0 Å². The first-order valence-corrected chi connectivity index (χ1v) is 8.49. The van der Waals surface area contributed by atoms with Gasteiger partial charge in [0.1, 0.15) is 5.44 Å². The fourth-order valence-corrected chi connectivity index (χ4v) is 4.43. The first-order valence-electron chi connectivity index (χ1n) is 7.61. The number of rotatable bonds is 3. The van der Waals surface area contributed by atoms with Crippen molar-refractivity contribution in [2.45, 2.75) is 69.1 Å². The highest BCUT2D eigenvalue weighted by Crippen LogP contribution is 2.38. The predicted molar refractivity (Wildman–Crippen MR) is 78.4 cm³/mol. The van der Waals surface area contributed by atoms with Crippen molar-refractivity contribution in [2.75, 3.05) is 13.1 Å². The molecule has 108 valence electrons. The number of aliphatic imine (C=N–C) groups is 1. The van der Waals surface area contributed by atoms with Crippen LogP contribution in [0, 0.1) is 0 Å². The van der Waals surface area contributed by atoms with Crippen LogP contribution in [0.25, 0.3) is 0 Å². The van der Waals surface area contributed by atoms with E-state index in [1.807, 2.05) is 0 Å². The van der Waals surface area contributed by atoms with Crippen LogP contribution in [-0.2, 0) is 4.74 Å². The average molecular weight is 284 g/mol. The number of amidine groups is 1. The van der Waals surface area contributed by atoms with Crippen molar-refractivity contribution in [1.82, 2.24) is 4.90 Å². The molecule has 0 unspecified atom stereocenters. The predicted octanol–water partition coefficient (Wildman–Crippen LogP) is 2.22. The summed E-state index contributed by atoms with van der Waals surface area (Å²) >= 11 is 1.77. The summed E-state index contributed by atoms with van der Waals surface area (Å²) in [6, 6.07) is 0.311. The number of hydrogen-bond acceptors (Lipinski definition) is 5. The van der Waals surface area contributed by atoms with E-state index in [0.29, 0.717) is 6.04 Å². The van der Waals surface area contributed by atoms with Crippen LogP contribution in [0.5, 0.6) is 0 Å². The van der Waals surface area contributed by atoms with Gasteiger partial charge in [-0.3, -0.25) is 4.99 Å². The number of likely N-dealkylation sites (tertiary alicyclic amines) is 1. The second kappa shape index (κ2) is 6.02. The van der Waals surface area contributed by atoms with Crippen LogP contribution < -0.4 is 0 Å². The Bertz CT molecular complexity index is 344. The van der Waals surface area contributed by atoms with E-state index >= 15 is 0 Å². The maximum atomic E-state index is 10.1. The number of nitrogens with zero attached hydrogens (tertiary/aromatic N) is 2. The lowest BCUT2D eigenvalue weighted by molar-refractivity contribution is -0.0816. The summed E-state index contributed by atoms with van der Waals surface area (Å²) in [6.07, 6.45) is 6.13. The lowest BCUT2D eigenvalue weighted by Crippen LogP contribution is -2.40. The third kappa shape index (κ3) is 2.93. The van der Waals surface area contributed by atoms with Gasteiger partial charge in [0.15, 0.2) is 5.17 Å². The molecule has 4 atom stereocenters. The first kappa shape index (κ1) is 13.7. The van der Waals surface area contributed by atoms with E-state index < -0.39 is 0 Å². The fraction of sp³-hybridized carbons (Fsp3) is 0.929. The minimum absolute atomic E-state index is 0.0156. The van der Waals surface area contributed by atoms with Gasteiger partial charge < -0.3 is 14.7 Å². The molecule has 0 aromatic heterocycles. The summed E-state index contributed by atoms with van der Waals surface area (Å²) < 4.78 is 6.09. The summed E-state index contributed by atoms with van der Waals surface area (Å²) in [5, 5.41) is 11.3. The van der Waals surface area contributed by atoms with E-state index in [2.05, 4.69) is 11.8 Å². The molecule has 0 amide bonds. The van der Waals surface area contributed by atoms with E-state index in [1.54, 1.807) is 11.8 Å². The zero-order valence-electron chi connectivity index (χ0n) is 11.6. The Hall–Kier alpha value is -0.260. The van der Waals surface area contributed by atoms with Gasteiger partial charge in [-0.15, -0.1) is 0 Å². The Morgan fingerprint density at radius 1 is 1.42 bits per heavy atom. The average Bonchev–Trinajstić information content (AvgIpc) is 3.07. The van der Waals surface area contributed by atoms with E-state index in [9.17, 15) is 5.11 Å². The van der Waals surface area contributed by atoms with Gasteiger partial charge in [0.2, 0.25) is 0 Å². The van der Waals surface area contributed by atoms with E-state index in [4.69, 9.17) is 9.73 Å². The molecule has 3 rings (SSSR count). The summed E-state index contributed by atoms with van der Waals surface area (Å²) in [6.45, 7) is 4.40. The van der Waals surface area contributed by atoms with E-state index in [0.717, 1.165) is 38.8 Å². The fourth-order valence-electron chi connectivity index (χ4n) is 3.14. The van der Waals surface area contributed by atoms with Crippen LogP contribution >= 0.6 is 11.8 Å². The number of aliphatic hydroxyl groups excluding tert-OH is 1. The van der Waals surface area contributed by atoms with Crippen molar-refractivity contribution in [3.63, 3.8) is 0 Å². The zero-order chi connectivity index (χ0) is 13.2. The Morgan fingerprint density at radius 3 is 2.95 bits per heavy atom. The van der Waals surface area contributed by atoms with Gasteiger partial charge in [-0.25, -0.2) is 0 Å².